The lowest BCUT2D eigenvalue weighted by atomic mass is 10.1. The average molecular weight is 586 g/mol. The Morgan fingerprint density at radius 2 is 1.56 bits per heavy atom. The van der Waals surface area contributed by atoms with Gasteiger partial charge in [-0.1, -0.05) is 31.2 Å². The molecule has 0 aliphatic rings. The maximum atomic E-state index is 14.0. The summed E-state index contributed by atoms with van der Waals surface area (Å²) in [5.41, 5.74) is 0.724. The standard InChI is InChI=1S/C30H36FN3O6S/c1-6-21(2)32-30(36)22(3)33(19-23-11-13-24(31)14-12-23)29(35)20-34(27-9-7-8-10-28(27)40-5)41(37,38)26-17-15-25(39-4)16-18-26/h7-18,21-22H,6,19-20H2,1-5H3,(H,32,36)/t21-,22+/m0/s1. The molecule has 0 saturated carbocycles. The van der Waals surface area contributed by atoms with E-state index >= 15 is 0 Å². The number of anilines is 1. The molecule has 41 heavy (non-hydrogen) atoms. The summed E-state index contributed by atoms with van der Waals surface area (Å²) in [4.78, 5) is 28.3. The summed E-state index contributed by atoms with van der Waals surface area (Å²) in [7, 11) is -1.41. The van der Waals surface area contributed by atoms with Gasteiger partial charge in [-0.2, -0.15) is 0 Å². The third-order valence-electron chi connectivity index (χ3n) is 6.71. The number of rotatable bonds is 13. The lowest BCUT2D eigenvalue weighted by Crippen LogP contribution is -2.52. The maximum absolute atomic E-state index is 14.0. The van der Waals surface area contributed by atoms with E-state index in [-0.39, 0.29) is 28.9 Å². The van der Waals surface area contributed by atoms with Crippen molar-refractivity contribution in [3.05, 3.63) is 84.2 Å². The number of hydrogen-bond acceptors (Lipinski definition) is 6. The van der Waals surface area contributed by atoms with Gasteiger partial charge in [0.1, 0.15) is 29.9 Å². The molecule has 0 aliphatic heterocycles. The molecule has 9 nitrogen and oxygen atoms in total. The van der Waals surface area contributed by atoms with Crippen LogP contribution in [0.3, 0.4) is 0 Å². The second kappa shape index (κ2) is 14.0. The highest BCUT2D eigenvalue weighted by Crippen LogP contribution is 2.33. The number of para-hydroxylation sites is 2. The molecule has 0 spiro atoms. The molecule has 3 aromatic rings. The Labute approximate surface area is 240 Å². The number of hydrogen-bond donors (Lipinski definition) is 1. The highest BCUT2D eigenvalue weighted by atomic mass is 32.2. The van der Waals surface area contributed by atoms with Crippen molar-refractivity contribution in [2.45, 2.75) is 50.7 Å². The van der Waals surface area contributed by atoms with Crippen LogP contribution in [0.5, 0.6) is 11.5 Å². The molecule has 2 amide bonds. The molecule has 3 aromatic carbocycles. The van der Waals surface area contributed by atoms with Gasteiger partial charge in [0.2, 0.25) is 11.8 Å². The number of methoxy groups -OCH3 is 2. The summed E-state index contributed by atoms with van der Waals surface area (Å²) >= 11 is 0. The lowest BCUT2D eigenvalue weighted by molar-refractivity contribution is -0.139. The van der Waals surface area contributed by atoms with Gasteiger partial charge in [0.25, 0.3) is 10.0 Å². The second-order valence-corrected chi connectivity index (χ2v) is 11.4. The van der Waals surface area contributed by atoms with E-state index < -0.39 is 40.2 Å². The molecular weight excluding hydrogens is 549 g/mol. The molecule has 2 atom stereocenters. The van der Waals surface area contributed by atoms with Crippen molar-refractivity contribution in [1.29, 1.82) is 0 Å². The smallest absolute Gasteiger partial charge is 0.264 e. The third-order valence-corrected chi connectivity index (χ3v) is 8.49. The Balaban J connectivity index is 2.06. The van der Waals surface area contributed by atoms with Gasteiger partial charge in [-0.25, -0.2) is 12.8 Å². The van der Waals surface area contributed by atoms with E-state index in [4.69, 9.17) is 9.47 Å². The molecule has 0 aromatic heterocycles. The zero-order valence-electron chi connectivity index (χ0n) is 23.8. The molecule has 0 saturated heterocycles. The largest absolute Gasteiger partial charge is 0.497 e. The molecule has 3 rings (SSSR count). The fourth-order valence-electron chi connectivity index (χ4n) is 4.06. The fraction of sp³-hybridized carbons (Fsp3) is 0.333. The Morgan fingerprint density at radius 3 is 2.15 bits per heavy atom. The first-order valence-corrected chi connectivity index (χ1v) is 14.6. The van der Waals surface area contributed by atoms with Gasteiger partial charge < -0.3 is 19.7 Å². The summed E-state index contributed by atoms with van der Waals surface area (Å²) in [6, 6.07) is 16.7. The van der Waals surface area contributed by atoms with Crippen LogP contribution in [0.15, 0.2) is 77.7 Å². The molecule has 0 bridgehead atoms. The number of carbonyl (C=O) groups excluding carboxylic acids is 2. The van der Waals surface area contributed by atoms with Gasteiger partial charge in [0.15, 0.2) is 0 Å². The monoisotopic (exact) mass is 585 g/mol. The molecule has 11 heteroatoms. The van der Waals surface area contributed by atoms with Crippen LogP contribution in [0, 0.1) is 5.82 Å². The molecular formula is C30H36FN3O6S. The van der Waals surface area contributed by atoms with Gasteiger partial charge in [-0.15, -0.1) is 0 Å². The normalized spacial score (nSPS) is 12.6. The fourth-order valence-corrected chi connectivity index (χ4v) is 5.48. The van der Waals surface area contributed by atoms with E-state index in [1.165, 1.54) is 73.7 Å². The second-order valence-electron chi connectivity index (χ2n) is 9.50. The van der Waals surface area contributed by atoms with Gasteiger partial charge in [-0.05, 0) is 74.4 Å². The van der Waals surface area contributed by atoms with Crippen molar-refractivity contribution in [1.82, 2.24) is 10.2 Å². The summed E-state index contributed by atoms with van der Waals surface area (Å²) in [6.07, 6.45) is 0.687. The van der Waals surface area contributed by atoms with Crippen LogP contribution in [0.25, 0.3) is 0 Å². The third kappa shape index (κ3) is 7.75. The lowest BCUT2D eigenvalue weighted by Gasteiger charge is -2.32. The van der Waals surface area contributed by atoms with Crippen LogP contribution in [0.4, 0.5) is 10.1 Å². The van der Waals surface area contributed by atoms with E-state index in [2.05, 4.69) is 5.32 Å². The summed E-state index contributed by atoms with van der Waals surface area (Å²) in [5, 5.41) is 2.87. The highest BCUT2D eigenvalue weighted by Gasteiger charge is 2.34. The number of ether oxygens (including phenoxy) is 2. The number of nitrogens with one attached hydrogen (secondary N) is 1. The average Bonchev–Trinajstić information content (AvgIpc) is 2.98. The Bertz CT molecular complexity index is 1430. The van der Waals surface area contributed by atoms with Crippen LogP contribution >= 0.6 is 0 Å². The number of nitrogens with zero attached hydrogens (tertiary/aromatic N) is 2. The van der Waals surface area contributed by atoms with Crippen molar-refractivity contribution >= 4 is 27.5 Å². The van der Waals surface area contributed by atoms with E-state index in [1.54, 1.807) is 25.1 Å². The summed E-state index contributed by atoms with van der Waals surface area (Å²) in [6.45, 7) is 4.67. The topological polar surface area (TPSA) is 105 Å². The quantitative estimate of drug-likeness (QED) is 0.320. The Hall–Kier alpha value is -4.12. The molecule has 0 heterocycles. The van der Waals surface area contributed by atoms with Gasteiger partial charge in [-0.3, -0.25) is 13.9 Å². The number of halogens is 1. The Kier molecular flexibility index (Phi) is 10.7. The first-order valence-electron chi connectivity index (χ1n) is 13.2. The predicted molar refractivity (Wildman–Crippen MR) is 155 cm³/mol. The Morgan fingerprint density at radius 1 is 0.927 bits per heavy atom. The minimum atomic E-state index is -4.29. The van der Waals surface area contributed by atoms with E-state index in [9.17, 15) is 22.4 Å². The van der Waals surface area contributed by atoms with Crippen molar-refractivity contribution in [2.75, 3.05) is 25.1 Å². The first kappa shape index (κ1) is 31.4. The number of sulfonamides is 1. The molecule has 0 unspecified atom stereocenters. The van der Waals surface area contributed by atoms with Crippen molar-refractivity contribution in [3.8, 4) is 11.5 Å². The van der Waals surface area contributed by atoms with Crippen molar-refractivity contribution in [3.63, 3.8) is 0 Å². The molecule has 0 aliphatic carbocycles. The van der Waals surface area contributed by atoms with E-state index in [0.29, 0.717) is 17.7 Å². The van der Waals surface area contributed by atoms with Crippen LogP contribution in [-0.2, 0) is 26.2 Å². The molecule has 1 N–H and O–H groups in total. The van der Waals surface area contributed by atoms with Gasteiger partial charge in [0, 0.05) is 12.6 Å². The van der Waals surface area contributed by atoms with Crippen LogP contribution < -0.4 is 19.1 Å². The highest BCUT2D eigenvalue weighted by molar-refractivity contribution is 7.92. The molecule has 0 radical (unpaired) electrons. The number of amides is 2. The maximum Gasteiger partial charge on any atom is 0.264 e. The number of benzene rings is 3. The predicted octanol–water partition coefficient (Wildman–Crippen LogP) is 4.37. The summed E-state index contributed by atoms with van der Waals surface area (Å²) in [5.74, 6) is -0.761. The molecule has 0 fully saturated rings. The van der Waals surface area contributed by atoms with Crippen LogP contribution in [-0.4, -0.2) is 58.0 Å². The zero-order valence-corrected chi connectivity index (χ0v) is 24.7. The molecule has 220 valence electrons. The van der Waals surface area contributed by atoms with Gasteiger partial charge >= 0.3 is 0 Å². The van der Waals surface area contributed by atoms with E-state index in [0.717, 1.165) is 4.31 Å². The SMILES string of the molecule is CC[C@H](C)NC(=O)[C@@H](C)N(Cc1ccc(F)cc1)C(=O)CN(c1ccccc1OC)S(=O)(=O)c1ccc(OC)cc1. The minimum absolute atomic E-state index is 0.0451. The minimum Gasteiger partial charge on any atom is -0.497 e. The van der Waals surface area contributed by atoms with Crippen LogP contribution in [0.2, 0.25) is 0 Å². The first-order chi connectivity index (χ1) is 19.5. The summed E-state index contributed by atoms with van der Waals surface area (Å²) < 4.78 is 53.1. The number of carbonyl (C=O) groups is 2. The zero-order chi connectivity index (χ0) is 30.2. The van der Waals surface area contributed by atoms with Gasteiger partial charge in [0.05, 0.1) is 24.8 Å². The van der Waals surface area contributed by atoms with Crippen molar-refractivity contribution < 1.29 is 31.9 Å². The van der Waals surface area contributed by atoms with Crippen LogP contribution in [0.1, 0.15) is 32.8 Å². The van der Waals surface area contributed by atoms with E-state index in [1.807, 2.05) is 13.8 Å². The van der Waals surface area contributed by atoms with Crippen molar-refractivity contribution in [2.24, 2.45) is 0 Å².